The number of hydrogen-bond acceptors (Lipinski definition) is 4. The fourth-order valence-electron chi connectivity index (χ4n) is 4.06. The lowest BCUT2D eigenvalue weighted by atomic mass is 9.94. The van der Waals surface area contributed by atoms with Crippen molar-refractivity contribution in [2.45, 2.75) is 25.7 Å². The number of furan rings is 1. The van der Waals surface area contributed by atoms with Gasteiger partial charge in [0, 0.05) is 52.2 Å². The summed E-state index contributed by atoms with van der Waals surface area (Å²) in [7, 11) is 3.42. The van der Waals surface area contributed by atoms with Gasteiger partial charge in [0.15, 0.2) is 5.76 Å². The predicted octanol–water partition coefficient (Wildman–Crippen LogP) is 3.57. The Morgan fingerprint density at radius 1 is 1.17 bits per heavy atom. The van der Waals surface area contributed by atoms with E-state index in [1.54, 1.807) is 20.2 Å². The van der Waals surface area contributed by atoms with Crippen LogP contribution in [0.4, 0.5) is 0 Å². The van der Waals surface area contributed by atoms with Crippen molar-refractivity contribution in [2.75, 3.05) is 40.4 Å². The smallest absolute Gasteiger partial charge is 0.289 e. The van der Waals surface area contributed by atoms with Gasteiger partial charge in [0.25, 0.3) is 5.91 Å². The van der Waals surface area contributed by atoms with Gasteiger partial charge in [-0.25, -0.2) is 0 Å². The Kier molecular flexibility index (Phi) is 5.72. The number of nitrogens with zero attached hydrogens (tertiary/aromatic N) is 2. The molecule has 2 amide bonds. The molecule has 2 aliphatic rings. The molecule has 1 fully saturated rings. The average molecular weight is 396 g/mol. The summed E-state index contributed by atoms with van der Waals surface area (Å²) in [6.45, 7) is 2.95. The summed E-state index contributed by atoms with van der Waals surface area (Å²) in [5, 5.41) is 0.902. The van der Waals surface area contributed by atoms with Gasteiger partial charge >= 0.3 is 0 Å². The van der Waals surface area contributed by atoms with E-state index in [1.807, 2.05) is 23.1 Å². The van der Waals surface area contributed by atoms with Gasteiger partial charge in [0.05, 0.1) is 0 Å². The third kappa shape index (κ3) is 4.37. The Morgan fingerprint density at radius 3 is 2.72 bits per heavy atom. The molecule has 4 rings (SSSR count). The lowest BCUT2D eigenvalue weighted by molar-refractivity contribution is -0.132. The molecule has 0 unspecified atom stereocenters. The third-order valence-electron chi connectivity index (χ3n) is 5.81. The van der Waals surface area contributed by atoms with E-state index in [2.05, 4.69) is 6.08 Å². The second-order valence-corrected chi connectivity index (χ2v) is 8.16. The molecule has 0 bridgehead atoms. The van der Waals surface area contributed by atoms with Crippen LogP contribution in [0.3, 0.4) is 0 Å². The van der Waals surface area contributed by atoms with E-state index in [-0.39, 0.29) is 11.8 Å². The van der Waals surface area contributed by atoms with Gasteiger partial charge < -0.3 is 19.0 Å². The minimum Gasteiger partial charge on any atom is -0.451 e. The van der Waals surface area contributed by atoms with E-state index in [1.165, 1.54) is 4.90 Å². The first-order valence-corrected chi connectivity index (χ1v) is 10.3. The first kappa shape index (κ1) is 19.7. The molecule has 2 aliphatic heterocycles. The van der Waals surface area contributed by atoms with Gasteiger partial charge in [-0.3, -0.25) is 9.59 Å². The molecule has 0 spiro atoms. The molecule has 0 atom stereocenters. The van der Waals surface area contributed by atoms with E-state index in [0.29, 0.717) is 30.2 Å². The number of hydrogen-bond donors (Lipinski definition) is 0. The Labute approximate surface area is 171 Å². The quantitative estimate of drug-likeness (QED) is 0.793. The zero-order valence-electron chi connectivity index (χ0n) is 17.1. The molecule has 1 aromatic carbocycles. The van der Waals surface area contributed by atoms with Gasteiger partial charge in [0.1, 0.15) is 5.58 Å². The summed E-state index contributed by atoms with van der Waals surface area (Å²) in [5.74, 6) is 0.879. The second kappa shape index (κ2) is 8.41. The van der Waals surface area contributed by atoms with Crippen LogP contribution < -0.4 is 0 Å². The van der Waals surface area contributed by atoms with Crippen LogP contribution in [0.25, 0.3) is 16.5 Å². The highest BCUT2D eigenvalue weighted by atomic mass is 16.5. The summed E-state index contributed by atoms with van der Waals surface area (Å²) in [6, 6.07) is 7.75. The molecule has 29 heavy (non-hydrogen) atoms. The zero-order valence-corrected chi connectivity index (χ0v) is 17.1. The van der Waals surface area contributed by atoms with Crippen LogP contribution >= 0.6 is 0 Å². The Hall–Kier alpha value is -2.60. The van der Waals surface area contributed by atoms with E-state index < -0.39 is 0 Å². The van der Waals surface area contributed by atoms with Crippen LogP contribution in [-0.4, -0.2) is 62.0 Å². The molecule has 2 aromatic rings. The van der Waals surface area contributed by atoms with E-state index in [4.69, 9.17) is 9.15 Å². The summed E-state index contributed by atoms with van der Waals surface area (Å²) in [6.07, 6.45) is 5.66. The third-order valence-corrected chi connectivity index (χ3v) is 5.81. The fourth-order valence-corrected chi connectivity index (χ4v) is 4.06. The van der Waals surface area contributed by atoms with E-state index >= 15 is 0 Å². The van der Waals surface area contributed by atoms with Crippen molar-refractivity contribution in [3.8, 4) is 0 Å². The number of carbonyl (C=O) groups excluding carboxylic acids is 2. The maximum absolute atomic E-state index is 12.8. The van der Waals surface area contributed by atoms with Gasteiger partial charge in [-0.05, 0) is 54.5 Å². The van der Waals surface area contributed by atoms with Crippen molar-refractivity contribution in [3.05, 3.63) is 41.7 Å². The standard InChI is InChI=1S/C23H28N2O4/c1-24(2)23(27)21-14-19-13-17(5-6-20(19)29-21)18-4-3-9-25(15-18)22(26)12-16-7-10-28-11-8-16/h4-6,13-14,16H,3,7-12,15H2,1-2H3. The highest BCUT2D eigenvalue weighted by Crippen LogP contribution is 2.28. The first-order valence-electron chi connectivity index (χ1n) is 10.3. The first-order chi connectivity index (χ1) is 14.0. The number of fused-ring (bicyclic) bond motifs is 1. The SMILES string of the molecule is CN(C)C(=O)c1cc2cc(C3=CCCN(C(=O)CC4CCOCC4)C3)ccc2o1. The highest BCUT2D eigenvalue weighted by molar-refractivity contribution is 5.96. The zero-order chi connectivity index (χ0) is 20.4. The average Bonchev–Trinajstić information content (AvgIpc) is 3.17. The van der Waals surface area contributed by atoms with Gasteiger partial charge in [-0.2, -0.15) is 0 Å². The van der Waals surface area contributed by atoms with Crippen LogP contribution in [0.15, 0.2) is 34.8 Å². The summed E-state index contributed by atoms with van der Waals surface area (Å²) >= 11 is 0. The van der Waals surface area contributed by atoms with Gasteiger partial charge in [-0.1, -0.05) is 12.1 Å². The molecule has 6 heteroatoms. The molecule has 1 saturated heterocycles. The van der Waals surface area contributed by atoms with Crippen LogP contribution in [0.5, 0.6) is 0 Å². The molecule has 6 nitrogen and oxygen atoms in total. The molecule has 1 aromatic heterocycles. The van der Waals surface area contributed by atoms with Crippen LogP contribution in [0, 0.1) is 5.92 Å². The normalized spacial score (nSPS) is 18.0. The van der Waals surface area contributed by atoms with Crippen LogP contribution in [0.2, 0.25) is 0 Å². The van der Waals surface area contributed by atoms with E-state index in [9.17, 15) is 9.59 Å². The number of ether oxygens (including phenoxy) is 1. The Bertz CT molecular complexity index is 938. The minimum absolute atomic E-state index is 0.149. The van der Waals surface area contributed by atoms with Gasteiger partial charge in [0.2, 0.25) is 5.91 Å². The van der Waals surface area contributed by atoms with Crippen LogP contribution in [-0.2, 0) is 9.53 Å². The maximum atomic E-state index is 12.8. The number of amides is 2. The minimum atomic E-state index is -0.149. The largest absolute Gasteiger partial charge is 0.451 e. The second-order valence-electron chi connectivity index (χ2n) is 8.16. The molecule has 0 saturated carbocycles. The highest BCUT2D eigenvalue weighted by Gasteiger charge is 2.24. The van der Waals surface area contributed by atoms with Gasteiger partial charge in [-0.15, -0.1) is 0 Å². The Morgan fingerprint density at radius 2 is 1.97 bits per heavy atom. The number of carbonyl (C=O) groups is 2. The maximum Gasteiger partial charge on any atom is 0.289 e. The summed E-state index contributed by atoms with van der Waals surface area (Å²) in [5.41, 5.74) is 2.92. The number of rotatable bonds is 4. The molecule has 3 heterocycles. The molecular formula is C23H28N2O4. The Balaban J connectivity index is 1.47. The van der Waals surface area contributed by atoms with Crippen molar-refractivity contribution in [1.82, 2.24) is 9.80 Å². The summed E-state index contributed by atoms with van der Waals surface area (Å²) in [4.78, 5) is 28.4. The van der Waals surface area contributed by atoms with Crippen molar-refractivity contribution >= 4 is 28.4 Å². The van der Waals surface area contributed by atoms with Crippen molar-refractivity contribution in [3.63, 3.8) is 0 Å². The van der Waals surface area contributed by atoms with Crippen molar-refractivity contribution in [2.24, 2.45) is 5.92 Å². The molecule has 0 radical (unpaired) electrons. The fraction of sp³-hybridized carbons (Fsp3) is 0.478. The molecular weight excluding hydrogens is 368 g/mol. The van der Waals surface area contributed by atoms with Crippen molar-refractivity contribution in [1.29, 1.82) is 0 Å². The lowest BCUT2D eigenvalue weighted by Gasteiger charge is -2.30. The van der Waals surface area contributed by atoms with Crippen LogP contribution in [0.1, 0.15) is 41.8 Å². The summed E-state index contributed by atoms with van der Waals surface area (Å²) < 4.78 is 11.1. The molecule has 0 N–H and O–H groups in total. The molecule has 154 valence electrons. The van der Waals surface area contributed by atoms with E-state index in [0.717, 1.165) is 55.5 Å². The number of benzene rings is 1. The monoisotopic (exact) mass is 396 g/mol. The molecule has 0 aliphatic carbocycles. The van der Waals surface area contributed by atoms with Crippen molar-refractivity contribution < 1.29 is 18.7 Å². The lowest BCUT2D eigenvalue weighted by Crippen LogP contribution is -2.37. The topological polar surface area (TPSA) is 63.0 Å². The predicted molar refractivity (Wildman–Crippen MR) is 112 cm³/mol.